The van der Waals surface area contributed by atoms with Crippen LogP contribution in [0.1, 0.15) is 18.9 Å². The van der Waals surface area contributed by atoms with Crippen LogP contribution in [0, 0.1) is 6.92 Å². The van der Waals surface area contributed by atoms with Gasteiger partial charge in [-0.15, -0.1) is 0 Å². The Labute approximate surface area is 122 Å². The van der Waals surface area contributed by atoms with E-state index in [0.29, 0.717) is 0 Å². The molecule has 106 valence electrons. The molecule has 20 heavy (non-hydrogen) atoms. The van der Waals surface area contributed by atoms with Gasteiger partial charge < -0.3 is 9.67 Å². The molecular formula is C15H18N2O2S. The largest absolute Gasteiger partial charge is 0.481 e. The van der Waals surface area contributed by atoms with Gasteiger partial charge in [0, 0.05) is 6.54 Å². The molecule has 0 spiro atoms. The van der Waals surface area contributed by atoms with Crippen molar-refractivity contribution in [1.29, 1.82) is 0 Å². The average Bonchev–Trinajstić information content (AvgIpc) is 2.77. The highest BCUT2D eigenvalue weighted by atomic mass is 32.2. The number of carboxylic acid groups (broad SMARTS) is 1. The Balaban J connectivity index is 2.39. The lowest BCUT2D eigenvalue weighted by Crippen LogP contribution is -2.03. The van der Waals surface area contributed by atoms with Crippen LogP contribution in [0.2, 0.25) is 0 Å². The number of thioether (sulfide) groups is 1. The first-order valence-electron chi connectivity index (χ1n) is 6.55. The van der Waals surface area contributed by atoms with E-state index in [2.05, 4.69) is 15.6 Å². The van der Waals surface area contributed by atoms with Crippen molar-refractivity contribution in [2.24, 2.45) is 0 Å². The van der Waals surface area contributed by atoms with Crippen molar-refractivity contribution in [2.45, 2.75) is 32.0 Å². The Morgan fingerprint density at radius 2 is 2.30 bits per heavy atom. The maximum atomic E-state index is 10.8. The van der Waals surface area contributed by atoms with Crippen molar-refractivity contribution in [3.8, 4) is 0 Å². The highest BCUT2D eigenvalue weighted by Gasteiger charge is 2.13. The van der Waals surface area contributed by atoms with E-state index in [1.54, 1.807) is 0 Å². The van der Waals surface area contributed by atoms with Crippen LogP contribution < -0.4 is 0 Å². The van der Waals surface area contributed by atoms with E-state index < -0.39 is 5.97 Å². The molecule has 1 heterocycles. The van der Waals surface area contributed by atoms with Crippen molar-refractivity contribution in [3.05, 3.63) is 35.9 Å². The summed E-state index contributed by atoms with van der Waals surface area (Å²) < 4.78 is 2.11. The molecule has 0 aliphatic rings. The van der Waals surface area contributed by atoms with Gasteiger partial charge in [0.2, 0.25) is 0 Å². The molecule has 0 bridgehead atoms. The topological polar surface area (TPSA) is 55.1 Å². The minimum atomic E-state index is -0.821. The van der Waals surface area contributed by atoms with Crippen molar-refractivity contribution in [1.82, 2.24) is 9.55 Å². The minimum Gasteiger partial charge on any atom is -0.481 e. The highest BCUT2D eigenvalue weighted by molar-refractivity contribution is 7.99. The first-order chi connectivity index (χ1) is 9.63. The third-order valence-electron chi connectivity index (χ3n) is 3.03. The van der Waals surface area contributed by atoms with Gasteiger partial charge in [-0.3, -0.25) is 4.79 Å². The molecule has 4 nitrogen and oxygen atoms in total. The summed E-state index contributed by atoms with van der Waals surface area (Å²) in [6.45, 7) is 4.83. The number of nitrogens with zero attached hydrogens (tertiary/aromatic N) is 2. The van der Waals surface area contributed by atoms with Gasteiger partial charge in [-0.05, 0) is 31.9 Å². The van der Waals surface area contributed by atoms with Gasteiger partial charge in [-0.25, -0.2) is 4.98 Å². The molecule has 0 aliphatic carbocycles. The molecule has 0 saturated heterocycles. The van der Waals surface area contributed by atoms with E-state index in [9.17, 15) is 4.79 Å². The maximum Gasteiger partial charge on any atom is 0.313 e. The standard InChI is InChI=1S/C15H18N2O2S/c1-3-4-5-9-17-12-8-6-7-11(2)14(12)16-15(17)20-10-13(18)19/h3-4,6-8H,5,9-10H2,1-2H3,(H,18,19)/b4-3+. The summed E-state index contributed by atoms with van der Waals surface area (Å²) in [5.41, 5.74) is 3.15. The SMILES string of the molecule is C/C=C/CCn1c(SCC(=O)O)nc2c(C)cccc21. The lowest BCUT2D eigenvalue weighted by atomic mass is 10.2. The normalized spacial score (nSPS) is 11.5. The van der Waals surface area contributed by atoms with Crippen LogP contribution in [-0.2, 0) is 11.3 Å². The van der Waals surface area contributed by atoms with E-state index in [0.717, 1.165) is 34.7 Å². The zero-order valence-corrected chi connectivity index (χ0v) is 12.5. The first kappa shape index (κ1) is 14.7. The molecule has 2 aromatic rings. The van der Waals surface area contributed by atoms with Crippen LogP contribution in [0.5, 0.6) is 0 Å². The quantitative estimate of drug-likeness (QED) is 0.653. The fourth-order valence-corrected chi connectivity index (χ4v) is 2.84. The number of para-hydroxylation sites is 1. The maximum absolute atomic E-state index is 10.8. The highest BCUT2D eigenvalue weighted by Crippen LogP contribution is 2.26. The second kappa shape index (κ2) is 6.61. The van der Waals surface area contributed by atoms with Gasteiger partial charge in [0.05, 0.1) is 16.8 Å². The zero-order valence-electron chi connectivity index (χ0n) is 11.7. The summed E-state index contributed by atoms with van der Waals surface area (Å²) in [6.07, 6.45) is 5.04. The van der Waals surface area contributed by atoms with Crippen molar-refractivity contribution >= 4 is 28.8 Å². The van der Waals surface area contributed by atoms with Crippen molar-refractivity contribution in [2.75, 3.05) is 5.75 Å². The first-order valence-corrected chi connectivity index (χ1v) is 7.53. The molecule has 1 N–H and O–H groups in total. The monoisotopic (exact) mass is 290 g/mol. The van der Waals surface area contributed by atoms with Gasteiger partial charge >= 0.3 is 5.97 Å². The fourth-order valence-electron chi connectivity index (χ4n) is 2.09. The number of allylic oxidation sites excluding steroid dienone is 2. The third-order valence-corrected chi connectivity index (χ3v) is 3.99. The molecular weight excluding hydrogens is 272 g/mol. The number of hydrogen-bond donors (Lipinski definition) is 1. The summed E-state index contributed by atoms with van der Waals surface area (Å²) in [4.78, 5) is 15.4. The molecule has 0 amide bonds. The number of aromatic nitrogens is 2. The van der Waals surface area contributed by atoms with Gasteiger partial charge in [-0.2, -0.15) is 0 Å². The van der Waals surface area contributed by atoms with E-state index >= 15 is 0 Å². The summed E-state index contributed by atoms with van der Waals surface area (Å²) in [6, 6.07) is 6.07. The van der Waals surface area contributed by atoms with Crippen LogP contribution in [-0.4, -0.2) is 26.4 Å². The Bertz CT molecular complexity index is 647. The smallest absolute Gasteiger partial charge is 0.313 e. The number of carboxylic acids is 1. The number of carbonyl (C=O) groups is 1. The fraction of sp³-hybridized carbons (Fsp3) is 0.333. The van der Waals surface area contributed by atoms with Crippen LogP contribution in [0.15, 0.2) is 35.5 Å². The average molecular weight is 290 g/mol. The minimum absolute atomic E-state index is 0.0337. The molecule has 0 unspecified atom stereocenters. The van der Waals surface area contributed by atoms with Crippen molar-refractivity contribution < 1.29 is 9.90 Å². The lowest BCUT2D eigenvalue weighted by Gasteiger charge is -2.06. The number of benzene rings is 1. The van der Waals surface area contributed by atoms with E-state index in [-0.39, 0.29) is 5.75 Å². The van der Waals surface area contributed by atoms with Crippen LogP contribution in [0.4, 0.5) is 0 Å². The number of fused-ring (bicyclic) bond motifs is 1. The summed E-state index contributed by atoms with van der Waals surface area (Å²) >= 11 is 1.28. The van der Waals surface area contributed by atoms with Crippen LogP contribution in [0.25, 0.3) is 11.0 Å². The Morgan fingerprint density at radius 3 is 3.00 bits per heavy atom. The Morgan fingerprint density at radius 1 is 1.50 bits per heavy atom. The molecule has 0 atom stereocenters. The molecule has 1 aromatic heterocycles. The lowest BCUT2D eigenvalue weighted by molar-refractivity contribution is -0.133. The van der Waals surface area contributed by atoms with Crippen molar-refractivity contribution in [3.63, 3.8) is 0 Å². The van der Waals surface area contributed by atoms with Crippen LogP contribution in [0.3, 0.4) is 0 Å². The molecule has 2 rings (SSSR count). The summed E-state index contributed by atoms with van der Waals surface area (Å²) in [5, 5.41) is 9.62. The number of aryl methyl sites for hydroxylation is 2. The molecule has 0 fully saturated rings. The number of imidazole rings is 1. The number of hydrogen-bond acceptors (Lipinski definition) is 3. The number of aliphatic carboxylic acids is 1. The Hall–Kier alpha value is -1.75. The second-order valence-corrected chi connectivity index (χ2v) is 5.47. The van der Waals surface area contributed by atoms with Crippen LogP contribution >= 0.6 is 11.8 Å². The van der Waals surface area contributed by atoms with Gasteiger partial charge in [0.1, 0.15) is 0 Å². The van der Waals surface area contributed by atoms with Gasteiger partial charge in [0.25, 0.3) is 0 Å². The Kier molecular flexibility index (Phi) is 4.84. The third kappa shape index (κ3) is 3.22. The molecule has 1 aromatic carbocycles. The molecule has 0 radical (unpaired) electrons. The van der Waals surface area contributed by atoms with E-state index in [4.69, 9.17) is 5.11 Å². The van der Waals surface area contributed by atoms with E-state index in [1.807, 2.05) is 38.1 Å². The number of rotatable bonds is 6. The summed E-state index contributed by atoms with van der Waals surface area (Å²) in [7, 11) is 0. The predicted molar refractivity (Wildman–Crippen MR) is 82.3 cm³/mol. The zero-order chi connectivity index (χ0) is 14.5. The summed E-state index contributed by atoms with van der Waals surface area (Å²) in [5.74, 6) is -0.787. The molecule has 5 heteroatoms. The van der Waals surface area contributed by atoms with Gasteiger partial charge in [0.15, 0.2) is 5.16 Å². The molecule has 0 saturated carbocycles. The van der Waals surface area contributed by atoms with E-state index in [1.165, 1.54) is 11.8 Å². The van der Waals surface area contributed by atoms with Gasteiger partial charge in [-0.1, -0.05) is 36.0 Å². The second-order valence-electron chi connectivity index (χ2n) is 4.53. The predicted octanol–water partition coefficient (Wildman–Crippen LogP) is 3.49. The molecule has 0 aliphatic heterocycles.